The van der Waals surface area contributed by atoms with Crippen LogP contribution in [0.4, 0.5) is 0 Å². The lowest BCUT2D eigenvalue weighted by molar-refractivity contribution is 0.247. The molecule has 0 spiro atoms. The van der Waals surface area contributed by atoms with Crippen molar-refractivity contribution in [1.29, 1.82) is 0 Å². The summed E-state index contributed by atoms with van der Waals surface area (Å²) in [5.41, 5.74) is 0.449. The van der Waals surface area contributed by atoms with Crippen LogP contribution in [0.1, 0.15) is 44.6 Å². The fourth-order valence-electron chi connectivity index (χ4n) is 3.19. The molecule has 1 fully saturated rings. The lowest BCUT2D eigenvalue weighted by atomic mass is 9.77. The van der Waals surface area contributed by atoms with E-state index < -0.39 is 20.0 Å². The van der Waals surface area contributed by atoms with Gasteiger partial charge in [-0.1, -0.05) is 38.3 Å². The predicted octanol–water partition coefficient (Wildman–Crippen LogP) is 1.98. The molecular weight excluding hydrogens is 348 g/mol. The monoisotopic (exact) mass is 374 g/mol. The van der Waals surface area contributed by atoms with E-state index in [1.807, 2.05) is 6.92 Å². The summed E-state index contributed by atoms with van der Waals surface area (Å²) >= 11 is 0. The van der Waals surface area contributed by atoms with E-state index in [1.54, 1.807) is 12.1 Å². The Bertz CT molecular complexity index is 767. The molecule has 0 amide bonds. The van der Waals surface area contributed by atoms with Crippen LogP contribution in [-0.2, 0) is 26.6 Å². The first-order chi connectivity index (χ1) is 11.2. The van der Waals surface area contributed by atoms with Gasteiger partial charge >= 0.3 is 0 Å². The second-order valence-electron chi connectivity index (χ2n) is 6.81. The Hall–Kier alpha value is -0.960. The van der Waals surface area contributed by atoms with Gasteiger partial charge in [0.2, 0.25) is 20.0 Å². The van der Waals surface area contributed by atoms with Gasteiger partial charge in [0.25, 0.3) is 0 Å². The summed E-state index contributed by atoms with van der Waals surface area (Å²) < 4.78 is 53.2. The van der Waals surface area contributed by atoms with Crippen LogP contribution in [0.3, 0.4) is 0 Å². The SMILES string of the molecule is CNS(=O)(=O)c1cccc(CNS(=O)(=O)CC2(C)CCCCC2)c1. The van der Waals surface area contributed by atoms with Crippen LogP contribution in [0.15, 0.2) is 29.2 Å². The van der Waals surface area contributed by atoms with Gasteiger partial charge in [-0.2, -0.15) is 0 Å². The molecule has 8 heteroatoms. The highest BCUT2D eigenvalue weighted by atomic mass is 32.2. The number of rotatable bonds is 7. The minimum Gasteiger partial charge on any atom is -0.214 e. The fraction of sp³-hybridized carbons (Fsp3) is 0.625. The molecule has 1 aromatic rings. The van der Waals surface area contributed by atoms with Gasteiger partial charge in [0.05, 0.1) is 10.6 Å². The standard InChI is InChI=1S/C16H26N2O4S2/c1-16(9-4-3-5-10-16)13-23(19,20)18-12-14-7-6-8-15(11-14)24(21,22)17-2/h6-8,11,17-18H,3-5,9-10,12-13H2,1-2H3. The number of nitrogens with one attached hydrogen (secondary N) is 2. The molecule has 0 atom stereocenters. The van der Waals surface area contributed by atoms with E-state index in [0.29, 0.717) is 5.56 Å². The third kappa shape index (κ3) is 5.27. The normalized spacial score (nSPS) is 18.4. The van der Waals surface area contributed by atoms with Crippen molar-refractivity contribution in [1.82, 2.24) is 9.44 Å². The van der Waals surface area contributed by atoms with Gasteiger partial charge in [0.15, 0.2) is 0 Å². The highest BCUT2D eigenvalue weighted by molar-refractivity contribution is 7.89. The maximum Gasteiger partial charge on any atom is 0.240 e. The largest absolute Gasteiger partial charge is 0.240 e. The Morgan fingerprint density at radius 3 is 2.38 bits per heavy atom. The fourth-order valence-corrected chi connectivity index (χ4v) is 5.69. The van der Waals surface area contributed by atoms with Crippen LogP contribution in [0.25, 0.3) is 0 Å². The van der Waals surface area contributed by atoms with Gasteiger partial charge in [-0.3, -0.25) is 0 Å². The Morgan fingerprint density at radius 2 is 1.75 bits per heavy atom. The van der Waals surface area contributed by atoms with E-state index in [1.165, 1.54) is 25.6 Å². The van der Waals surface area contributed by atoms with Crippen molar-refractivity contribution in [2.24, 2.45) is 5.41 Å². The van der Waals surface area contributed by atoms with Gasteiger partial charge in [0, 0.05) is 6.54 Å². The van der Waals surface area contributed by atoms with Crippen molar-refractivity contribution >= 4 is 20.0 Å². The molecule has 0 heterocycles. The molecule has 136 valence electrons. The summed E-state index contributed by atoms with van der Waals surface area (Å²) in [7, 11) is -5.60. The minimum absolute atomic E-state index is 0.0888. The number of hydrogen-bond acceptors (Lipinski definition) is 4. The van der Waals surface area contributed by atoms with Crippen LogP contribution in [-0.4, -0.2) is 29.6 Å². The molecule has 24 heavy (non-hydrogen) atoms. The van der Waals surface area contributed by atoms with E-state index in [-0.39, 0.29) is 22.6 Å². The zero-order chi connectivity index (χ0) is 17.8. The molecule has 1 saturated carbocycles. The average Bonchev–Trinajstić information content (AvgIpc) is 2.53. The quantitative estimate of drug-likeness (QED) is 0.763. The van der Waals surface area contributed by atoms with Crippen molar-refractivity contribution in [2.45, 2.75) is 50.5 Å². The molecule has 0 unspecified atom stereocenters. The van der Waals surface area contributed by atoms with E-state index in [4.69, 9.17) is 0 Å². The molecular formula is C16H26N2O4S2. The molecule has 0 saturated heterocycles. The number of benzene rings is 1. The Morgan fingerprint density at radius 1 is 1.08 bits per heavy atom. The van der Waals surface area contributed by atoms with E-state index in [0.717, 1.165) is 25.7 Å². The second-order valence-corrected chi connectivity index (χ2v) is 10.5. The second kappa shape index (κ2) is 7.51. The van der Waals surface area contributed by atoms with E-state index in [2.05, 4.69) is 9.44 Å². The Balaban J connectivity index is 2.03. The molecule has 2 rings (SSSR count). The van der Waals surface area contributed by atoms with Crippen LogP contribution in [0.2, 0.25) is 0 Å². The molecule has 0 bridgehead atoms. The van der Waals surface area contributed by atoms with Gasteiger partial charge in [-0.05, 0) is 43.0 Å². The first-order valence-corrected chi connectivity index (χ1v) is 11.3. The van der Waals surface area contributed by atoms with Crippen molar-refractivity contribution in [3.8, 4) is 0 Å². The van der Waals surface area contributed by atoms with E-state index >= 15 is 0 Å². The van der Waals surface area contributed by atoms with Crippen molar-refractivity contribution in [3.63, 3.8) is 0 Å². The molecule has 2 N–H and O–H groups in total. The Labute approximate surface area is 145 Å². The van der Waals surface area contributed by atoms with Crippen molar-refractivity contribution in [3.05, 3.63) is 29.8 Å². The topological polar surface area (TPSA) is 92.3 Å². The van der Waals surface area contributed by atoms with Gasteiger partial charge < -0.3 is 0 Å². The molecule has 1 aromatic carbocycles. The first kappa shape index (κ1) is 19.4. The highest BCUT2D eigenvalue weighted by Gasteiger charge is 2.32. The molecule has 1 aliphatic rings. The molecule has 0 aromatic heterocycles. The molecule has 0 radical (unpaired) electrons. The van der Waals surface area contributed by atoms with Crippen molar-refractivity contribution in [2.75, 3.05) is 12.8 Å². The van der Waals surface area contributed by atoms with Gasteiger partial charge in [0.1, 0.15) is 0 Å². The molecule has 6 nitrogen and oxygen atoms in total. The maximum atomic E-state index is 12.4. The van der Waals surface area contributed by atoms with E-state index in [9.17, 15) is 16.8 Å². The summed E-state index contributed by atoms with van der Waals surface area (Å²) in [6.45, 7) is 2.12. The third-order valence-corrected chi connectivity index (χ3v) is 7.65. The zero-order valence-corrected chi connectivity index (χ0v) is 15.8. The van der Waals surface area contributed by atoms with Crippen LogP contribution in [0, 0.1) is 5.41 Å². The smallest absolute Gasteiger partial charge is 0.214 e. The predicted molar refractivity (Wildman–Crippen MR) is 94.5 cm³/mol. The summed E-state index contributed by atoms with van der Waals surface area (Å²) in [5, 5.41) is 0. The first-order valence-electron chi connectivity index (χ1n) is 8.16. The third-order valence-electron chi connectivity index (χ3n) is 4.57. The zero-order valence-electron chi connectivity index (χ0n) is 14.2. The summed E-state index contributed by atoms with van der Waals surface area (Å²) in [4.78, 5) is 0.126. The highest BCUT2D eigenvalue weighted by Crippen LogP contribution is 2.36. The minimum atomic E-state index is -3.53. The van der Waals surface area contributed by atoms with Crippen molar-refractivity contribution < 1.29 is 16.8 Å². The average molecular weight is 375 g/mol. The summed E-state index contributed by atoms with van der Waals surface area (Å²) in [6.07, 6.45) is 5.20. The molecule has 0 aliphatic heterocycles. The summed E-state index contributed by atoms with van der Waals surface area (Å²) in [5.74, 6) is 0.120. The lowest BCUT2D eigenvalue weighted by Gasteiger charge is -2.33. The summed E-state index contributed by atoms with van der Waals surface area (Å²) in [6, 6.07) is 6.28. The number of sulfonamides is 2. The Kier molecular flexibility index (Phi) is 6.06. The number of hydrogen-bond donors (Lipinski definition) is 2. The van der Waals surface area contributed by atoms with Crippen LogP contribution < -0.4 is 9.44 Å². The van der Waals surface area contributed by atoms with Crippen LogP contribution in [0.5, 0.6) is 0 Å². The van der Waals surface area contributed by atoms with Gasteiger partial charge in [-0.25, -0.2) is 26.3 Å². The van der Waals surface area contributed by atoms with Crippen LogP contribution >= 0.6 is 0 Å². The molecule has 1 aliphatic carbocycles. The maximum absolute atomic E-state index is 12.4. The lowest BCUT2D eigenvalue weighted by Crippen LogP contribution is -2.36. The van der Waals surface area contributed by atoms with Gasteiger partial charge in [-0.15, -0.1) is 0 Å².